The van der Waals surface area contributed by atoms with Gasteiger partial charge in [0.2, 0.25) is 5.91 Å². The number of nitrogens with one attached hydrogen (secondary N) is 1. The van der Waals surface area contributed by atoms with Gasteiger partial charge in [-0.1, -0.05) is 55.0 Å². The van der Waals surface area contributed by atoms with E-state index in [1.54, 1.807) is 4.90 Å². The summed E-state index contributed by atoms with van der Waals surface area (Å²) < 4.78 is 5.70. The highest BCUT2D eigenvalue weighted by Gasteiger charge is 2.36. The third kappa shape index (κ3) is 4.90. The summed E-state index contributed by atoms with van der Waals surface area (Å²) in [5, 5.41) is 12.2. The minimum atomic E-state index is -0.870. The van der Waals surface area contributed by atoms with Gasteiger partial charge in [-0.05, 0) is 53.9 Å². The van der Waals surface area contributed by atoms with Crippen LogP contribution in [0.2, 0.25) is 0 Å². The number of nitrogens with zero attached hydrogens (tertiary/aromatic N) is 1. The zero-order valence-corrected chi connectivity index (χ0v) is 19.8. The Balaban J connectivity index is 1.17. The molecule has 184 valence electrons. The van der Waals surface area contributed by atoms with E-state index in [1.165, 1.54) is 22.3 Å². The maximum absolute atomic E-state index is 12.9. The van der Waals surface area contributed by atoms with E-state index in [0.717, 1.165) is 32.1 Å². The van der Waals surface area contributed by atoms with E-state index in [2.05, 4.69) is 29.6 Å². The molecule has 3 aliphatic rings. The van der Waals surface area contributed by atoms with E-state index < -0.39 is 12.1 Å². The molecule has 1 aliphatic heterocycles. The topological polar surface area (TPSA) is 95.9 Å². The van der Waals surface area contributed by atoms with Crippen molar-refractivity contribution in [2.24, 2.45) is 5.92 Å². The molecule has 35 heavy (non-hydrogen) atoms. The van der Waals surface area contributed by atoms with E-state index in [-0.39, 0.29) is 42.9 Å². The normalized spacial score (nSPS) is 23.1. The molecule has 7 nitrogen and oxygen atoms in total. The van der Waals surface area contributed by atoms with E-state index >= 15 is 0 Å². The largest absolute Gasteiger partial charge is 0.481 e. The zero-order chi connectivity index (χ0) is 24.4. The van der Waals surface area contributed by atoms with E-state index in [1.807, 2.05) is 24.3 Å². The zero-order valence-electron chi connectivity index (χ0n) is 19.8. The fraction of sp³-hybridized carbons (Fsp3) is 0.464. The Kier molecular flexibility index (Phi) is 6.75. The second kappa shape index (κ2) is 10.1. The van der Waals surface area contributed by atoms with Crippen LogP contribution in [0.1, 0.15) is 62.0 Å². The molecule has 2 unspecified atom stereocenters. The van der Waals surface area contributed by atoms with Crippen molar-refractivity contribution < 1.29 is 24.2 Å². The standard InChI is InChI=1S/C28H32N2O5/c31-26(30-14-6-8-19(30)16-27(32)33)15-18-7-5-13-25(18)29-28(34)35-17-24-22-11-3-1-9-20(22)21-10-2-4-12-23(21)24/h1-4,9-12,18-19,24-25H,5-8,13-17H2,(H,29,34)(H,32,33)/t18?,19-,25?/m0/s1. The van der Waals surface area contributed by atoms with Crippen molar-refractivity contribution in [1.29, 1.82) is 0 Å². The number of rotatable bonds is 7. The van der Waals surface area contributed by atoms with Gasteiger partial charge in [0.1, 0.15) is 6.61 Å². The van der Waals surface area contributed by atoms with Crippen LogP contribution in [0.15, 0.2) is 48.5 Å². The summed E-state index contributed by atoms with van der Waals surface area (Å²) in [7, 11) is 0. The predicted molar refractivity (Wildman–Crippen MR) is 131 cm³/mol. The third-order valence-corrected chi connectivity index (χ3v) is 7.85. The number of alkyl carbamates (subject to hydrolysis) is 1. The lowest BCUT2D eigenvalue weighted by atomic mass is 9.98. The van der Waals surface area contributed by atoms with Crippen molar-refractivity contribution >= 4 is 18.0 Å². The number of likely N-dealkylation sites (tertiary alicyclic amines) is 1. The Hall–Kier alpha value is -3.35. The number of carboxylic acids is 1. The monoisotopic (exact) mass is 476 g/mol. The van der Waals surface area contributed by atoms with Gasteiger partial charge in [0, 0.05) is 31.0 Å². The molecule has 2 fully saturated rings. The van der Waals surface area contributed by atoms with Gasteiger partial charge in [0.05, 0.1) is 6.42 Å². The quantitative estimate of drug-likeness (QED) is 0.611. The van der Waals surface area contributed by atoms with E-state index in [4.69, 9.17) is 9.84 Å². The third-order valence-electron chi connectivity index (χ3n) is 7.85. The Labute approximate surface area is 205 Å². The van der Waals surface area contributed by atoms with Crippen LogP contribution in [0.4, 0.5) is 4.79 Å². The highest BCUT2D eigenvalue weighted by Crippen LogP contribution is 2.44. The molecule has 5 rings (SSSR count). The average Bonchev–Trinajstić information content (AvgIpc) is 3.56. The summed E-state index contributed by atoms with van der Waals surface area (Å²) in [6.45, 7) is 0.884. The van der Waals surface area contributed by atoms with Gasteiger partial charge in [-0.2, -0.15) is 0 Å². The number of fused-ring (bicyclic) bond motifs is 3. The fourth-order valence-corrected chi connectivity index (χ4v) is 6.18. The maximum Gasteiger partial charge on any atom is 0.407 e. The van der Waals surface area contributed by atoms with Crippen molar-refractivity contribution in [2.75, 3.05) is 13.2 Å². The molecular weight excluding hydrogens is 444 g/mol. The average molecular weight is 477 g/mol. The molecule has 2 aromatic rings. The number of carbonyl (C=O) groups is 3. The van der Waals surface area contributed by atoms with Crippen LogP contribution in [-0.4, -0.2) is 53.2 Å². The molecular formula is C28H32N2O5. The minimum absolute atomic E-state index is 0.0000120. The van der Waals surface area contributed by atoms with Crippen LogP contribution in [0.25, 0.3) is 11.1 Å². The van der Waals surface area contributed by atoms with Crippen molar-refractivity contribution in [1.82, 2.24) is 10.2 Å². The maximum atomic E-state index is 12.9. The van der Waals surface area contributed by atoms with Gasteiger partial charge in [-0.3, -0.25) is 9.59 Å². The van der Waals surface area contributed by atoms with Crippen LogP contribution < -0.4 is 5.32 Å². The first-order valence-electron chi connectivity index (χ1n) is 12.6. The first kappa shape index (κ1) is 23.4. The highest BCUT2D eigenvalue weighted by molar-refractivity contribution is 5.80. The Morgan fingerprint density at radius 1 is 0.914 bits per heavy atom. The number of hydrogen-bond acceptors (Lipinski definition) is 4. The van der Waals surface area contributed by atoms with Gasteiger partial charge in [-0.15, -0.1) is 0 Å². The molecule has 7 heteroatoms. The van der Waals surface area contributed by atoms with Crippen LogP contribution in [0.5, 0.6) is 0 Å². The van der Waals surface area contributed by atoms with E-state index in [0.29, 0.717) is 13.0 Å². The molecule has 0 bridgehead atoms. The predicted octanol–water partition coefficient (Wildman–Crippen LogP) is 4.55. The molecule has 0 spiro atoms. The van der Waals surface area contributed by atoms with Crippen molar-refractivity contribution in [3.05, 3.63) is 59.7 Å². The highest BCUT2D eigenvalue weighted by atomic mass is 16.5. The number of ether oxygens (including phenoxy) is 1. The second-order valence-corrected chi connectivity index (χ2v) is 9.95. The first-order chi connectivity index (χ1) is 17.0. The van der Waals surface area contributed by atoms with Gasteiger partial charge in [0.25, 0.3) is 0 Å². The molecule has 1 saturated carbocycles. The van der Waals surface area contributed by atoms with Crippen LogP contribution >= 0.6 is 0 Å². The van der Waals surface area contributed by atoms with Crippen molar-refractivity contribution in [3.63, 3.8) is 0 Å². The lowest BCUT2D eigenvalue weighted by molar-refractivity contribution is -0.140. The molecule has 2 aliphatic carbocycles. The van der Waals surface area contributed by atoms with E-state index in [9.17, 15) is 14.4 Å². The van der Waals surface area contributed by atoms with Crippen molar-refractivity contribution in [3.8, 4) is 11.1 Å². The smallest absolute Gasteiger partial charge is 0.407 e. The number of amides is 2. The molecule has 1 saturated heterocycles. The van der Waals surface area contributed by atoms with Crippen LogP contribution in [-0.2, 0) is 14.3 Å². The molecule has 2 aromatic carbocycles. The lowest BCUT2D eigenvalue weighted by Gasteiger charge is -2.27. The summed E-state index contributed by atoms with van der Waals surface area (Å²) in [5.41, 5.74) is 4.73. The molecule has 1 heterocycles. The fourth-order valence-electron chi connectivity index (χ4n) is 6.18. The Morgan fingerprint density at radius 2 is 1.60 bits per heavy atom. The first-order valence-corrected chi connectivity index (χ1v) is 12.6. The molecule has 3 atom stereocenters. The second-order valence-electron chi connectivity index (χ2n) is 9.95. The summed E-state index contributed by atoms with van der Waals surface area (Å²) in [6.07, 6.45) is 4.12. The number of carboxylic acid groups (broad SMARTS) is 1. The van der Waals surface area contributed by atoms with Gasteiger partial charge in [-0.25, -0.2) is 4.79 Å². The summed E-state index contributed by atoms with van der Waals surface area (Å²) in [5.74, 6) is -0.810. The molecule has 0 radical (unpaired) electrons. The van der Waals surface area contributed by atoms with Gasteiger partial charge in [0.15, 0.2) is 0 Å². The molecule has 2 amide bonds. The Bertz CT molecular complexity index is 1070. The van der Waals surface area contributed by atoms with Gasteiger partial charge >= 0.3 is 12.1 Å². The number of hydrogen-bond donors (Lipinski definition) is 2. The molecule has 0 aromatic heterocycles. The lowest BCUT2D eigenvalue weighted by Crippen LogP contribution is -2.42. The molecule has 2 N–H and O–H groups in total. The minimum Gasteiger partial charge on any atom is -0.481 e. The van der Waals surface area contributed by atoms with Crippen molar-refractivity contribution in [2.45, 2.75) is 62.9 Å². The summed E-state index contributed by atoms with van der Waals surface area (Å²) in [6, 6.07) is 16.2. The number of benzene rings is 2. The number of carbonyl (C=O) groups excluding carboxylic acids is 2. The Morgan fingerprint density at radius 3 is 2.29 bits per heavy atom. The van der Waals surface area contributed by atoms with Gasteiger partial charge < -0.3 is 20.1 Å². The summed E-state index contributed by atoms with van der Waals surface area (Å²) in [4.78, 5) is 38.6. The van der Waals surface area contributed by atoms with Crippen LogP contribution in [0.3, 0.4) is 0 Å². The SMILES string of the molecule is O=C(O)C[C@@H]1CCCN1C(=O)CC1CCCC1NC(=O)OCC1c2ccccc2-c2ccccc21. The summed E-state index contributed by atoms with van der Waals surface area (Å²) >= 11 is 0. The number of aliphatic carboxylic acids is 1. The van der Waals surface area contributed by atoms with Crippen LogP contribution in [0, 0.1) is 5.92 Å².